The summed E-state index contributed by atoms with van der Waals surface area (Å²) in [6.07, 6.45) is 0. The molecule has 12 rings (SSSR count). The minimum absolute atomic E-state index is 1.18. The molecule has 2 heteroatoms. The van der Waals surface area contributed by atoms with Gasteiger partial charge in [-0.2, -0.15) is 0 Å². The second-order valence-corrected chi connectivity index (χ2v) is 13.6. The van der Waals surface area contributed by atoms with Crippen LogP contribution in [0.1, 0.15) is 0 Å². The van der Waals surface area contributed by atoms with E-state index in [1.54, 1.807) is 0 Å². The van der Waals surface area contributed by atoms with E-state index in [0.29, 0.717) is 0 Å². The summed E-state index contributed by atoms with van der Waals surface area (Å²) >= 11 is 0. The van der Waals surface area contributed by atoms with Crippen LogP contribution in [-0.2, 0) is 0 Å². The molecule has 0 unspecified atom stereocenters. The average Bonchev–Trinajstić information content (AvgIpc) is 3.82. The highest BCUT2D eigenvalue weighted by Gasteiger charge is 2.26. The first kappa shape index (κ1) is 26.3. The molecule has 11 aromatic rings. The third-order valence-electron chi connectivity index (χ3n) is 11.2. The lowest BCUT2D eigenvalue weighted by Crippen LogP contribution is -1.97. The molecule has 0 atom stereocenters. The summed E-state index contributed by atoms with van der Waals surface area (Å²) < 4.78 is 5.07. The van der Waals surface area contributed by atoms with Crippen molar-refractivity contribution >= 4 is 75.9 Å². The van der Waals surface area contributed by atoms with Gasteiger partial charge in [-0.15, -0.1) is 0 Å². The lowest BCUT2D eigenvalue weighted by atomic mass is 9.99. The van der Waals surface area contributed by atoms with E-state index < -0.39 is 0 Å². The molecule has 0 spiro atoms. The number of benzene rings is 9. The van der Waals surface area contributed by atoms with Crippen molar-refractivity contribution in [3.63, 3.8) is 0 Å². The van der Waals surface area contributed by atoms with Crippen molar-refractivity contribution in [3.8, 4) is 33.6 Å². The largest absolute Gasteiger partial charge is 0.309 e. The molecule has 0 fully saturated rings. The molecule has 0 bridgehead atoms. The quantitative estimate of drug-likeness (QED) is 0.179. The summed E-state index contributed by atoms with van der Waals surface area (Å²) in [7, 11) is 0. The van der Waals surface area contributed by atoms with Gasteiger partial charge < -0.3 is 9.13 Å². The first-order valence-electron chi connectivity index (χ1n) is 17.4. The topological polar surface area (TPSA) is 9.86 Å². The zero-order valence-corrected chi connectivity index (χ0v) is 27.1. The SMILES string of the molecule is c1ccc2c(-n3c4ccccc4c4c5ccccc5c5c(c6ccccc6n5-c5ccc6c(c5)-c5cccc7cccc-6c57)c43)cccc2c1. The van der Waals surface area contributed by atoms with Crippen molar-refractivity contribution < 1.29 is 0 Å². The highest BCUT2D eigenvalue weighted by atomic mass is 15.0. The van der Waals surface area contributed by atoms with Crippen molar-refractivity contribution in [1.29, 1.82) is 0 Å². The summed E-state index contributed by atoms with van der Waals surface area (Å²) in [6, 6.07) is 62.9. The van der Waals surface area contributed by atoms with Gasteiger partial charge in [0, 0.05) is 38.0 Å². The molecule has 9 aromatic carbocycles. The van der Waals surface area contributed by atoms with Gasteiger partial charge in [0.2, 0.25) is 0 Å². The van der Waals surface area contributed by atoms with E-state index >= 15 is 0 Å². The highest BCUT2D eigenvalue weighted by Crippen LogP contribution is 2.50. The Kier molecular flexibility index (Phi) is 5.00. The number of hydrogen-bond acceptors (Lipinski definition) is 0. The molecular weight excluding hydrogens is 605 g/mol. The van der Waals surface area contributed by atoms with E-state index in [0.717, 1.165) is 0 Å². The maximum atomic E-state index is 2.54. The van der Waals surface area contributed by atoms with Gasteiger partial charge in [-0.3, -0.25) is 0 Å². The van der Waals surface area contributed by atoms with Crippen LogP contribution < -0.4 is 0 Å². The second kappa shape index (κ2) is 9.49. The van der Waals surface area contributed by atoms with Gasteiger partial charge in [0.05, 0.1) is 27.8 Å². The Morgan fingerprint density at radius 3 is 1.68 bits per heavy atom. The van der Waals surface area contributed by atoms with Crippen molar-refractivity contribution in [1.82, 2.24) is 9.13 Å². The molecule has 2 heterocycles. The van der Waals surface area contributed by atoms with Crippen molar-refractivity contribution in [2.24, 2.45) is 0 Å². The Balaban J connectivity index is 1.30. The second-order valence-electron chi connectivity index (χ2n) is 13.6. The molecule has 50 heavy (non-hydrogen) atoms. The molecule has 230 valence electrons. The first-order valence-corrected chi connectivity index (χ1v) is 17.4. The Morgan fingerprint density at radius 2 is 0.880 bits per heavy atom. The van der Waals surface area contributed by atoms with Crippen LogP contribution in [0.4, 0.5) is 0 Å². The van der Waals surface area contributed by atoms with Crippen molar-refractivity contribution in [3.05, 3.63) is 170 Å². The molecular formula is C48H28N2. The van der Waals surface area contributed by atoms with Crippen LogP contribution in [0.3, 0.4) is 0 Å². The number of hydrogen-bond donors (Lipinski definition) is 0. The summed E-state index contributed by atoms with van der Waals surface area (Å²) in [5.74, 6) is 0. The minimum atomic E-state index is 1.18. The van der Waals surface area contributed by atoms with Gasteiger partial charge in [-0.1, -0.05) is 140 Å². The highest BCUT2D eigenvalue weighted by molar-refractivity contribution is 6.37. The number of para-hydroxylation sites is 2. The van der Waals surface area contributed by atoms with Crippen LogP contribution in [0.25, 0.3) is 110 Å². The fourth-order valence-electron chi connectivity index (χ4n) is 9.23. The van der Waals surface area contributed by atoms with Crippen molar-refractivity contribution in [2.75, 3.05) is 0 Å². The van der Waals surface area contributed by atoms with Crippen LogP contribution >= 0.6 is 0 Å². The van der Waals surface area contributed by atoms with Gasteiger partial charge in [-0.05, 0) is 74.1 Å². The molecule has 2 nitrogen and oxygen atoms in total. The van der Waals surface area contributed by atoms with E-state index in [-0.39, 0.29) is 0 Å². The number of aromatic nitrogens is 2. The summed E-state index contributed by atoms with van der Waals surface area (Å²) in [4.78, 5) is 0. The Labute approximate surface area is 287 Å². The van der Waals surface area contributed by atoms with Gasteiger partial charge in [0.1, 0.15) is 0 Å². The number of fused-ring (bicyclic) bond motifs is 14. The molecule has 1 aliphatic rings. The maximum Gasteiger partial charge on any atom is 0.0648 e. The maximum absolute atomic E-state index is 2.54. The number of nitrogens with zero attached hydrogens (tertiary/aromatic N) is 2. The zero-order valence-electron chi connectivity index (χ0n) is 27.1. The zero-order chi connectivity index (χ0) is 32.5. The third kappa shape index (κ3) is 3.23. The van der Waals surface area contributed by atoms with E-state index in [9.17, 15) is 0 Å². The Bertz CT molecular complexity index is 3250. The third-order valence-corrected chi connectivity index (χ3v) is 11.2. The molecule has 1 aliphatic carbocycles. The average molecular weight is 633 g/mol. The van der Waals surface area contributed by atoms with E-state index in [2.05, 4.69) is 179 Å². The van der Waals surface area contributed by atoms with Crippen LogP contribution in [0, 0.1) is 0 Å². The summed E-state index contributed by atoms with van der Waals surface area (Å²) in [5, 5.41) is 12.8. The summed E-state index contributed by atoms with van der Waals surface area (Å²) in [5.41, 5.74) is 12.6. The fraction of sp³-hybridized carbons (Fsp3) is 0. The molecule has 0 aliphatic heterocycles. The molecule has 2 aromatic heterocycles. The van der Waals surface area contributed by atoms with Crippen LogP contribution in [0.2, 0.25) is 0 Å². The number of rotatable bonds is 2. The van der Waals surface area contributed by atoms with Crippen LogP contribution in [0.15, 0.2) is 170 Å². The van der Waals surface area contributed by atoms with Crippen molar-refractivity contribution in [2.45, 2.75) is 0 Å². The normalized spacial score (nSPS) is 12.4. The molecule has 0 N–H and O–H groups in total. The monoisotopic (exact) mass is 632 g/mol. The van der Waals surface area contributed by atoms with Crippen LogP contribution in [-0.4, -0.2) is 9.13 Å². The Morgan fingerprint density at radius 1 is 0.300 bits per heavy atom. The predicted octanol–water partition coefficient (Wildman–Crippen LogP) is 13.0. The predicted molar refractivity (Wildman–Crippen MR) is 212 cm³/mol. The molecule has 0 saturated carbocycles. The van der Waals surface area contributed by atoms with E-state index in [1.165, 1.54) is 110 Å². The standard InChI is InChI=1S/C48H28N2/c1-2-16-32-29(12-1)13-11-25-41(32)50-43-24-8-5-19-38(43)45-35-17-3-4-18-37(35)47-46(48(45)50)39-20-6-7-23-42(39)49(47)31-26-27-33-34-21-9-14-30-15-10-22-36(44(30)34)40(33)28-31/h1-28H. The first-order chi connectivity index (χ1) is 24.8. The van der Waals surface area contributed by atoms with Gasteiger partial charge in [0.25, 0.3) is 0 Å². The van der Waals surface area contributed by atoms with E-state index in [1.807, 2.05) is 0 Å². The summed E-state index contributed by atoms with van der Waals surface area (Å²) in [6.45, 7) is 0. The smallest absolute Gasteiger partial charge is 0.0648 e. The van der Waals surface area contributed by atoms with Crippen LogP contribution in [0.5, 0.6) is 0 Å². The molecule has 0 amide bonds. The Hall–Kier alpha value is -6.64. The minimum Gasteiger partial charge on any atom is -0.309 e. The van der Waals surface area contributed by atoms with Gasteiger partial charge >= 0.3 is 0 Å². The molecule has 0 saturated heterocycles. The fourth-order valence-corrected chi connectivity index (χ4v) is 9.23. The van der Waals surface area contributed by atoms with Gasteiger partial charge in [0.15, 0.2) is 0 Å². The lowest BCUT2D eigenvalue weighted by molar-refractivity contribution is 1.18. The van der Waals surface area contributed by atoms with Gasteiger partial charge in [-0.25, -0.2) is 0 Å². The molecule has 0 radical (unpaired) electrons. The van der Waals surface area contributed by atoms with E-state index in [4.69, 9.17) is 0 Å². The lowest BCUT2D eigenvalue weighted by Gasteiger charge is -2.15.